The molecule has 7 heteroatoms. The van der Waals surface area contributed by atoms with Gasteiger partial charge in [-0.1, -0.05) is 29.8 Å². The molecule has 0 aliphatic heterocycles. The first kappa shape index (κ1) is 17.3. The Morgan fingerprint density at radius 1 is 1.20 bits per heavy atom. The lowest BCUT2D eigenvalue weighted by molar-refractivity contribution is 0.100. The topological polar surface area (TPSA) is 85.1 Å². The number of hydrogen-bond acceptors (Lipinski definition) is 5. The molecule has 25 heavy (non-hydrogen) atoms. The van der Waals surface area contributed by atoms with E-state index in [0.717, 1.165) is 17.0 Å². The van der Waals surface area contributed by atoms with E-state index in [-0.39, 0.29) is 5.91 Å². The van der Waals surface area contributed by atoms with E-state index in [1.54, 1.807) is 5.38 Å². The van der Waals surface area contributed by atoms with Gasteiger partial charge in [0.25, 0.3) is 5.91 Å². The number of aryl methyl sites for hydroxylation is 2. The van der Waals surface area contributed by atoms with Gasteiger partial charge in [0.1, 0.15) is 0 Å². The number of hydrogen-bond donors (Lipinski definition) is 2. The average molecular weight is 371 g/mol. The number of thiophene rings is 1. The Balaban J connectivity index is 1.72. The predicted octanol–water partition coefficient (Wildman–Crippen LogP) is 3.76. The van der Waals surface area contributed by atoms with Crippen LogP contribution in [-0.2, 0) is 6.42 Å². The highest BCUT2D eigenvalue weighted by Crippen LogP contribution is 2.26. The number of primary amides is 1. The number of nitrogens with two attached hydrogens (primary N) is 1. The number of nitrogens with zero attached hydrogens (tertiary/aromatic N) is 1. The van der Waals surface area contributed by atoms with Gasteiger partial charge in [0.15, 0.2) is 5.13 Å². The van der Waals surface area contributed by atoms with E-state index >= 15 is 0 Å². The van der Waals surface area contributed by atoms with Crippen molar-refractivity contribution in [3.05, 3.63) is 67.9 Å². The molecule has 5 nitrogen and oxygen atoms in total. The second kappa shape index (κ2) is 7.16. The highest BCUT2D eigenvalue weighted by atomic mass is 32.1. The fourth-order valence-corrected chi connectivity index (χ4v) is 4.06. The third-order valence-corrected chi connectivity index (χ3v) is 5.71. The van der Waals surface area contributed by atoms with Crippen molar-refractivity contribution in [2.24, 2.45) is 5.73 Å². The van der Waals surface area contributed by atoms with Crippen molar-refractivity contribution in [1.82, 2.24) is 4.98 Å². The molecule has 0 atom stereocenters. The number of amides is 2. The summed E-state index contributed by atoms with van der Waals surface area (Å²) in [4.78, 5) is 29.4. The molecule has 0 aliphatic rings. The maximum atomic E-state index is 12.3. The van der Waals surface area contributed by atoms with Crippen LogP contribution in [0.25, 0.3) is 0 Å². The minimum absolute atomic E-state index is 0.284. The molecule has 3 aromatic rings. The van der Waals surface area contributed by atoms with Gasteiger partial charge in [-0.05, 0) is 25.5 Å². The van der Waals surface area contributed by atoms with Crippen molar-refractivity contribution in [2.75, 3.05) is 5.32 Å². The molecule has 2 amide bonds. The third kappa shape index (κ3) is 4.12. The van der Waals surface area contributed by atoms with E-state index in [1.165, 1.54) is 39.9 Å². The Kier molecular flexibility index (Phi) is 4.96. The van der Waals surface area contributed by atoms with Crippen LogP contribution in [0.2, 0.25) is 0 Å². The second-order valence-corrected chi connectivity index (χ2v) is 7.70. The zero-order valence-corrected chi connectivity index (χ0v) is 15.5. The molecule has 2 heterocycles. The molecule has 128 valence electrons. The van der Waals surface area contributed by atoms with Gasteiger partial charge in [0.05, 0.1) is 16.1 Å². The number of anilines is 1. The molecule has 0 aliphatic carbocycles. The lowest BCUT2D eigenvalue weighted by atomic mass is 10.1. The van der Waals surface area contributed by atoms with Crippen LogP contribution in [0.3, 0.4) is 0 Å². The van der Waals surface area contributed by atoms with Crippen molar-refractivity contribution in [3.8, 4) is 0 Å². The molecular formula is C18H17N3O2S2. The van der Waals surface area contributed by atoms with E-state index < -0.39 is 5.91 Å². The van der Waals surface area contributed by atoms with E-state index in [2.05, 4.69) is 41.5 Å². The SMILES string of the molecule is Cc1ccc(Cc2sc(NC(=O)c3cc(C(N)=O)cs3)nc2C)cc1. The largest absolute Gasteiger partial charge is 0.366 e. The first-order valence-corrected chi connectivity index (χ1v) is 9.33. The van der Waals surface area contributed by atoms with Gasteiger partial charge in [-0.2, -0.15) is 0 Å². The highest BCUT2D eigenvalue weighted by Gasteiger charge is 2.15. The van der Waals surface area contributed by atoms with Crippen LogP contribution < -0.4 is 11.1 Å². The Morgan fingerprint density at radius 3 is 2.56 bits per heavy atom. The van der Waals surface area contributed by atoms with Crippen molar-refractivity contribution >= 4 is 39.6 Å². The zero-order chi connectivity index (χ0) is 18.0. The minimum Gasteiger partial charge on any atom is -0.366 e. The summed E-state index contributed by atoms with van der Waals surface area (Å²) in [5, 5.41) is 4.92. The normalized spacial score (nSPS) is 10.6. The lowest BCUT2D eigenvalue weighted by Crippen LogP contribution is -2.11. The number of carbonyl (C=O) groups is 2. The first-order valence-electron chi connectivity index (χ1n) is 7.64. The maximum Gasteiger partial charge on any atom is 0.267 e. The first-order chi connectivity index (χ1) is 11.9. The van der Waals surface area contributed by atoms with Crippen LogP contribution in [0.4, 0.5) is 5.13 Å². The van der Waals surface area contributed by atoms with Crippen LogP contribution >= 0.6 is 22.7 Å². The summed E-state index contributed by atoms with van der Waals surface area (Å²) in [5.74, 6) is -0.825. The van der Waals surface area contributed by atoms with Crippen LogP contribution in [0.15, 0.2) is 35.7 Å². The van der Waals surface area contributed by atoms with Crippen LogP contribution in [0, 0.1) is 13.8 Å². The number of benzene rings is 1. The summed E-state index contributed by atoms with van der Waals surface area (Å²) in [6.07, 6.45) is 0.782. The summed E-state index contributed by atoms with van der Waals surface area (Å²) in [6, 6.07) is 9.87. The van der Waals surface area contributed by atoms with Crippen LogP contribution in [-0.4, -0.2) is 16.8 Å². The molecule has 0 bridgehead atoms. The van der Waals surface area contributed by atoms with Crippen molar-refractivity contribution in [3.63, 3.8) is 0 Å². The Bertz CT molecular complexity index is 926. The second-order valence-electron chi connectivity index (χ2n) is 5.71. The summed E-state index contributed by atoms with van der Waals surface area (Å²) in [5.41, 5.74) is 8.89. The molecule has 0 spiro atoms. The van der Waals surface area contributed by atoms with E-state index in [1.807, 2.05) is 6.92 Å². The van der Waals surface area contributed by atoms with Gasteiger partial charge < -0.3 is 5.73 Å². The van der Waals surface area contributed by atoms with Crippen LogP contribution in [0.1, 0.15) is 41.7 Å². The monoisotopic (exact) mass is 371 g/mol. The molecule has 2 aromatic heterocycles. The van der Waals surface area contributed by atoms with Gasteiger partial charge in [0.2, 0.25) is 5.91 Å². The van der Waals surface area contributed by atoms with Gasteiger partial charge in [-0.15, -0.1) is 22.7 Å². The van der Waals surface area contributed by atoms with Gasteiger partial charge in [0, 0.05) is 16.7 Å². The fraction of sp³-hybridized carbons (Fsp3) is 0.167. The van der Waals surface area contributed by atoms with E-state index in [9.17, 15) is 9.59 Å². The molecule has 3 rings (SSSR count). The minimum atomic E-state index is -0.541. The molecule has 0 saturated carbocycles. The molecule has 0 unspecified atom stereocenters. The Labute approximate surface area is 153 Å². The molecule has 0 radical (unpaired) electrons. The molecule has 1 aromatic carbocycles. The number of nitrogens with one attached hydrogen (secondary N) is 1. The highest BCUT2D eigenvalue weighted by molar-refractivity contribution is 7.16. The van der Waals surface area contributed by atoms with Crippen molar-refractivity contribution in [1.29, 1.82) is 0 Å². The lowest BCUT2D eigenvalue weighted by Gasteiger charge is -2.00. The van der Waals surface area contributed by atoms with Crippen LogP contribution in [0.5, 0.6) is 0 Å². The molecular weight excluding hydrogens is 354 g/mol. The summed E-state index contributed by atoms with van der Waals surface area (Å²) in [6.45, 7) is 4.00. The number of thiazole rings is 1. The van der Waals surface area contributed by atoms with E-state index in [0.29, 0.717) is 15.6 Å². The third-order valence-electron chi connectivity index (χ3n) is 3.71. The van der Waals surface area contributed by atoms with Gasteiger partial charge in [-0.3, -0.25) is 14.9 Å². The molecule has 3 N–H and O–H groups in total. The summed E-state index contributed by atoms with van der Waals surface area (Å²) >= 11 is 2.65. The smallest absolute Gasteiger partial charge is 0.267 e. The molecule has 0 fully saturated rings. The standard InChI is InChI=1S/C18H17N3O2S2/c1-10-3-5-12(6-4-10)7-14-11(2)20-18(25-14)21-17(23)15-8-13(9-24-15)16(19)22/h3-6,8-9H,7H2,1-2H3,(H2,19,22)(H,20,21,23). The van der Waals surface area contributed by atoms with Crippen molar-refractivity contribution < 1.29 is 9.59 Å². The number of aromatic nitrogens is 1. The Hall–Kier alpha value is -2.51. The number of carbonyl (C=O) groups excluding carboxylic acids is 2. The maximum absolute atomic E-state index is 12.3. The zero-order valence-electron chi connectivity index (χ0n) is 13.8. The number of rotatable bonds is 5. The van der Waals surface area contributed by atoms with E-state index in [4.69, 9.17) is 5.73 Å². The van der Waals surface area contributed by atoms with Gasteiger partial charge in [-0.25, -0.2) is 4.98 Å². The van der Waals surface area contributed by atoms with Gasteiger partial charge >= 0.3 is 0 Å². The van der Waals surface area contributed by atoms with Crippen molar-refractivity contribution in [2.45, 2.75) is 20.3 Å². The Morgan fingerprint density at radius 2 is 1.92 bits per heavy atom. The fourth-order valence-electron chi connectivity index (χ4n) is 2.28. The summed E-state index contributed by atoms with van der Waals surface area (Å²) < 4.78 is 0. The summed E-state index contributed by atoms with van der Waals surface area (Å²) in [7, 11) is 0. The molecule has 0 saturated heterocycles. The quantitative estimate of drug-likeness (QED) is 0.716. The average Bonchev–Trinajstić information content (AvgIpc) is 3.17. The predicted molar refractivity (Wildman–Crippen MR) is 102 cm³/mol.